The monoisotopic (exact) mass is 262 g/mol. The number of carbonyl (C=O) groups is 2. The number of carbonyl (C=O) groups excluding carboxylic acids is 2. The molecule has 0 saturated heterocycles. The quantitative estimate of drug-likeness (QED) is 0.432. The highest BCUT2D eigenvalue weighted by atomic mass is 35.5. The van der Waals surface area contributed by atoms with Gasteiger partial charge in [-0.3, -0.25) is 0 Å². The number of esters is 2. The molecular weight excluding hydrogens is 252 g/mol. The lowest BCUT2D eigenvalue weighted by molar-refractivity contribution is -0.137. The average Bonchev–Trinajstić information content (AvgIpc) is 2.60. The van der Waals surface area contributed by atoms with E-state index in [4.69, 9.17) is 11.6 Å². The first-order valence-corrected chi connectivity index (χ1v) is 5.95. The van der Waals surface area contributed by atoms with Crippen molar-refractivity contribution in [3.63, 3.8) is 0 Å². The second-order valence-corrected chi connectivity index (χ2v) is 5.60. The van der Waals surface area contributed by atoms with Crippen molar-refractivity contribution in [2.75, 3.05) is 14.2 Å². The van der Waals surface area contributed by atoms with Crippen molar-refractivity contribution < 1.29 is 19.1 Å². The summed E-state index contributed by atoms with van der Waals surface area (Å²) < 4.78 is 9.56. The molecule has 1 aliphatic rings. The lowest BCUT2D eigenvalue weighted by Gasteiger charge is -2.10. The molecule has 0 aliphatic carbocycles. The minimum Gasteiger partial charge on any atom is -0.465 e. The SMILES string of the molecule is COC(=O)C(C(=O)OC)=S1C(C)=CC=C1Cl. The van der Waals surface area contributed by atoms with E-state index in [1.54, 1.807) is 19.1 Å². The van der Waals surface area contributed by atoms with Gasteiger partial charge in [0.1, 0.15) is 0 Å². The molecule has 1 heterocycles. The van der Waals surface area contributed by atoms with Gasteiger partial charge < -0.3 is 9.47 Å². The molecule has 0 fully saturated rings. The van der Waals surface area contributed by atoms with Gasteiger partial charge in [-0.15, -0.1) is 0 Å². The molecule has 16 heavy (non-hydrogen) atoms. The number of allylic oxidation sites excluding steroid dienone is 3. The van der Waals surface area contributed by atoms with Crippen molar-refractivity contribution in [1.82, 2.24) is 0 Å². The van der Waals surface area contributed by atoms with E-state index in [9.17, 15) is 9.59 Å². The summed E-state index contributed by atoms with van der Waals surface area (Å²) in [6.07, 6.45) is 3.42. The Bertz CT molecular complexity index is 396. The average molecular weight is 263 g/mol. The Morgan fingerprint density at radius 1 is 1.19 bits per heavy atom. The van der Waals surface area contributed by atoms with E-state index in [1.165, 1.54) is 14.2 Å². The Labute approximate surface area is 101 Å². The zero-order valence-corrected chi connectivity index (χ0v) is 10.6. The van der Waals surface area contributed by atoms with Crippen LogP contribution in [-0.2, 0) is 19.1 Å². The third-order valence-electron chi connectivity index (χ3n) is 1.91. The van der Waals surface area contributed by atoms with E-state index in [1.807, 2.05) is 0 Å². The van der Waals surface area contributed by atoms with Crippen LogP contribution < -0.4 is 0 Å². The predicted molar refractivity (Wildman–Crippen MR) is 64.3 cm³/mol. The van der Waals surface area contributed by atoms with Crippen LogP contribution in [0.4, 0.5) is 0 Å². The Morgan fingerprint density at radius 2 is 1.69 bits per heavy atom. The number of ether oxygens (including phenoxy) is 2. The van der Waals surface area contributed by atoms with Crippen LogP contribution in [0.3, 0.4) is 0 Å². The summed E-state index contributed by atoms with van der Waals surface area (Å²) in [6, 6.07) is 0. The Morgan fingerprint density at radius 3 is 2.00 bits per heavy atom. The fraction of sp³-hybridized carbons (Fsp3) is 0.300. The van der Waals surface area contributed by atoms with Gasteiger partial charge >= 0.3 is 11.9 Å². The second kappa shape index (κ2) is 5.32. The van der Waals surface area contributed by atoms with Crippen LogP contribution in [0.15, 0.2) is 21.4 Å². The number of methoxy groups -OCH3 is 2. The minimum atomic E-state index is -0.859. The van der Waals surface area contributed by atoms with Crippen LogP contribution in [0.5, 0.6) is 0 Å². The topological polar surface area (TPSA) is 52.6 Å². The molecule has 4 nitrogen and oxygen atoms in total. The number of rotatable bonds is 2. The predicted octanol–water partition coefficient (Wildman–Crippen LogP) is 1.77. The van der Waals surface area contributed by atoms with Crippen LogP contribution in [0, 0.1) is 0 Å². The first-order valence-electron chi connectivity index (χ1n) is 4.35. The summed E-state index contributed by atoms with van der Waals surface area (Å²) in [7, 11) is 1.56. The standard InChI is InChI=1S/C10H11ClO4S/c1-6-4-5-7(11)16(6)8(9(12)14-2)10(13)15-3/h4-5H,1-3H3. The zero-order chi connectivity index (χ0) is 12.3. The van der Waals surface area contributed by atoms with Gasteiger partial charge in [0.15, 0.2) is 4.86 Å². The summed E-state index contributed by atoms with van der Waals surface area (Å²) >= 11 is 5.95. The van der Waals surface area contributed by atoms with Crippen molar-refractivity contribution in [2.24, 2.45) is 0 Å². The van der Waals surface area contributed by atoms with Gasteiger partial charge in [0.05, 0.1) is 18.6 Å². The second-order valence-electron chi connectivity index (χ2n) is 2.87. The molecule has 0 aromatic carbocycles. The Hall–Kier alpha value is -1.07. The molecule has 0 aromatic heterocycles. The van der Waals surface area contributed by atoms with Crippen LogP contribution in [-0.4, -0.2) is 31.0 Å². The van der Waals surface area contributed by atoms with Crippen molar-refractivity contribution >= 4 is 38.9 Å². The third-order valence-corrected chi connectivity index (χ3v) is 4.55. The Kier molecular flexibility index (Phi) is 4.32. The molecule has 0 amide bonds. The van der Waals surface area contributed by atoms with E-state index >= 15 is 0 Å². The largest absolute Gasteiger partial charge is 0.465 e. The van der Waals surface area contributed by atoms with Crippen LogP contribution >= 0.6 is 22.1 Å². The van der Waals surface area contributed by atoms with Gasteiger partial charge in [-0.1, -0.05) is 28.2 Å². The highest BCUT2D eigenvalue weighted by Gasteiger charge is 2.27. The molecule has 0 spiro atoms. The summed E-state index contributed by atoms with van der Waals surface area (Å²) in [6.45, 7) is 1.79. The lowest BCUT2D eigenvalue weighted by atomic mass is 10.4. The molecule has 6 heteroatoms. The van der Waals surface area contributed by atoms with Gasteiger partial charge in [-0.25, -0.2) is 9.59 Å². The summed E-state index contributed by atoms with van der Waals surface area (Å²) in [4.78, 5) is 23.8. The molecule has 1 rings (SSSR count). The van der Waals surface area contributed by atoms with Gasteiger partial charge in [0, 0.05) is 0 Å². The molecule has 0 N–H and O–H groups in total. The van der Waals surface area contributed by atoms with Gasteiger partial charge in [0.2, 0.25) is 0 Å². The first kappa shape index (κ1) is 13.0. The number of hydrogen-bond donors (Lipinski definition) is 0. The van der Waals surface area contributed by atoms with Gasteiger partial charge in [-0.05, 0) is 17.9 Å². The summed E-state index contributed by atoms with van der Waals surface area (Å²) in [5.41, 5.74) is 0. The van der Waals surface area contributed by atoms with Crippen molar-refractivity contribution in [3.05, 3.63) is 21.4 Å². The highest BCUT2D eigenvalue weighted by Crippen LogP contribution is 2.42. The van der Waals surface area contributed by atoms with Crippen molar-refractivity contribution in [2.45, 2.75) is 6.92 Å². The molecule has 0 bridgehead atoms. The molecular formula is C10H11ClO4S. The summed E-state index contributed by atoms with van der Waals surface area (Å²) in [5, 5.41) is 0. The van der Waals surface area contributed by atoms with Gasteiger partial charge in [-0.2, -0.15) is 0 Å². The van der Waals surface area contributed by atoms with Crippen LogP contribution in [0.2, 0.25) is 0 Å². The fourth-order valence-corrected chi connectivity index (χ4v) is 3.56. The fourth-order valence-electron chi connectivity index (χ4n) is 1.17. The van der Waals surface area contributed by atoms with E-state index < -0.39 is 22.4 Å². The van der Waals surface area contributed by atoms with Crippen LogP contribution in [0.25, 0.3) is 0 Å². The number of hydrogen-bond acceptors (Lipinski definition) is 4. The van der Waals surface area contributed by atoms with Gasteiger partial charge in [0.25, 0.3) is 0 Å². The molecule has 1 atom stereocenters. The minimum absolute atomic E-state index is 0.0718. The molecule has 1 unspecified atom stereocenters. The maximum absolute atomic E-state index is 11.5. The van der Waals surface area contributed by atoms with E-state index in [-0.39, 0.29) is 4.86 Å². The molecule has 88 valence electrons. The smallest absolute Gasteiger partial charge is 0.351 e. The molecule has 0 radical (unpaired) electrons. The van der Waals surface area contributed by atoms with Crippen molar-refractivity contribution in [3.8, 4) is 0 Å². The van der Waals surface area contributed by atoms with E-state index in [0.717, 1.165) is 4.91 Å². The maximum Gasteiger partial charge on any atom is 0.351 e. The molecule has 0 aromatic rings. The normalized spacial score (nSPS) is 18.6. The molecule has 1 aliphatic heterocycles. The van der Waals surface area contributed by atoms with Crippen molar-refractivity contribution in [1.29, 1.82) is 0 Å². The Balaban J connectivity index is 3.35. The maximum atomic E-state index is 11.5. The molecule has 0 saturated carbocycles. The zero-order valence-electron chi connectivity index (χ0n) is 9.07. The van der Waals surface area contributed by atoms with E-state index in [0.29, 0.717) is 4.36 Å². The highest BCUT2D eigenvalue weighted by molar-refractivity contribution is 8.25. The van der Waals surface area contributed by atoms with Crippen LogP contribution in [0.1, 0.15) is 6.92 Å². The lowest BCUT2D eigenvalue weighted by Crippen LogP contribution is -2.26. The van der Waals surface area contributed by atoms with E-state index in [2.05, 4.69) is 9.47 Å². The third kappa shape index (κ3) is 2.36. The first-order chi connectivity index (χ1) is 7.52. The number of halogens is 1. The summed E-state index contributed by atoms with van der Waals surface area (Å²) in [5.74, 6) is -1.42.